The van der Waals surface area contributed by atoms with E-state index in [0.29, 0.717) is 5.69 Å². The number of rotatable bonds is 6. The van der Waals surface area contributed by atoms with Crippen LogP contribution in [0.4, 0.5) is 5.69 Å². The van der Waals surface area contributed by atoms with E-state index in [1.165, 1.54) is 37.1 Å². The van der Waals surface area contributed by atoms with E-state index in [1.807, 2.05) is 6.07 Å². The van der Waals surface area contributed by atoms with Gasteiger partial charge >= 0.3 is 0 Å². The highest BCUT2D eigenvalue weighted by Crippen LogP contribution is 2.37. The summed E-state index contributed by atoms with van der Waals surface area (Å²) < 4.78 is 2.26. The molecule has 0 amide bonds. The molecule has 0 radical (unpaired) electrons. The molecule has 2 nitrogen and oxygen atoms in total. The predicted molar refractivity (Wildman–Crippen MR) is 196 cm³/mol. The van der Waals surface area contributed by atoms with E-state index in [1.54, 1.807) is 0 Å². The zero-order valence-corrected chi connectivity index (χ0v) is 26.2. The highest BCUT2D eigenvalue weighted by molar-refractivity contribution is 7.20. The van der Waals surface area contributed by atoms with Gasteiger partial charge in [-0.05, 0) is 50.1 Å². The van der Waals surface area contributed by atoms with Gasteiger partial charge in [0.2, 0.25) is 5.69 Å². The number of para-hydroxylation sites is 2. The molecule has 0 fully saturated rings. The molecule has 8 aromatic rings. The van der Waals surface area contributed by atoms with Gasteiger partial charge in [-0.2, -0.15) is 0 Å². The van der Waals surface area contributed by atoms with Crippen LogP contribution < -0.4 is 20.7 Å². The minimum atomic E-state index is -2.79. The monoisotopic (exact) mass is 602 g/mol. The molecule has 216 valence electrons. The Morgan fingerprint density at radius 3 is 1.43 bits per heavy atom. The van der Waals surface area contributed by atoms with Gasteiger partial charge in [0.1, 0.15) is 0 Å². The normalized spacial score (nSPS) is 11.5. The maximum Gasteiger partial charge on any atom is 0.210 e. The van der Waals surface area contributed by atoms with Crippen molar-refractivity contribution in [3.8, 4) is 16.8 Å². The summed E-state index contributed by atoms with van der Waals surface area (Å²) in [6.07, 6.45) is 0. The first-order valence-corrected chi connectivity index (χ1v) is 17.6. The average molecular weight is 603 g/mol. The molecule has 0 aliphatic rings. The van der Waals surface area contributed by atoms with Crippen molar-refractivity contribution < 1.29 is 0 Å². The third kappa shape index (κ3) is 4.31. The summed E-state index contributed by atoms with van der Waals surface area (Å²) in [5.74, 6) is 0. The van der Waals surface area contributed by atoms with E-state index >= 15 is 0 Å². The first kappa shape index (κ1) is 27.6. The van der Waals surface area contributed by atoms with Gasteiger partial charge in [-0.25, -0.2) is 4.85 Å². The van der Waals surface area contributed by atoms with Crippen LogP contribution in [0.15, 0.2) is 182 Å². The lowest BCUT2D eigenvalue weighted by Crippen LogP contribution is -2.75. The van der Waals surface area contributed by atoms with Crippen LogP contribution in [0, 0.1) is 6.57 Å². The van der Waals surface area contributed by atoms with Crippen LogP contribution in [0.3, 0.4) is 0 Å². The minimum Gasteiger partial charge on any atom is -0.319 e. The fraction of sp³-hybridized carbons (Fsp3) is 0. The molecule has 3 heteroatoms. The largest absolute Gasteiger partial charge is 0.319 e. The van der Waals surface area contributed by atoms with E-state index in [0.717, 1.165) is 22.3 Å². The molecule has 1 heterocycles. The van der Waals surface area contributed by atoms with Gasteiger partial charge in [0.25, 0.3) is 0 Å². The Morgan fingerprint density at radius 2 is 0.913 bits per heavy atom. The molecular weight excluding hydrogens is 573 g/mol. The highest BCUT2D eigenvalue weighted by Gasteiger charge is 2.42. The minimum absolute atomic E-state index is 0.630. The molecule has 46 heavy (non-hydrogen) atoms. The summed E-state index contributed by atoms with van der Waals surface area (Å²) in [7, 11) is -2.79. The Bertz CT molecular complexity index is 2220. The van der Waals surface area contributed by atoms with Crippen molar-refractivity contribution in [1.82, 2.24) is 4.57 Å². The van der Waals surface area contributed by atoms with Crippen molar-refractivity contribution >= 4 is 56.3 Å². The van der Waals surface area contributed by atoms with Crippen molar-refractivity contribution in [2.45, 2.75) is 0 Å². The van der Waals surface area contributed by atoms with E-state index in [4.69, 9.17) is 6.57 Å². The summed E-state index contributed by atoms with van der Waals surface area (Å²) >= 11 is 0. The average Bonchev–Trinajstić information content (AvgIpc) is 3.48. The molecule has 1 aromatic heterocycles. The molecule has 0 N–H and O–H groups in total. The molecule has 0 aliphatic carbocycles. The summed E-state index contributed by atoms with van der Waals surface area (Å²) in [5, 5.41) is 7.69. The standard InChI is InChI=1S/C43H30N2Si/c1-44-39-30-29-32(31-42(39)45-40-26-14-11-24-37(40)38-25-12-15-27-41(38)45)36-23-13-16-28-43(36)46(33-17-5-2-6-18-33,34-19-7-3-8-20-34)35-21-9-4-10-22-35/h2-31H. The van der Waals surface area contributed by atoms with Gasteiger partial charge in [-0.15, -0.1) is 0 Å². The van der Waals surface area contributed by atoms with Crippen molar-refractivity contribution in [1.29, 1.82) is 0 Å². The van der Waals surface area contributed by atoms with Crippen molar-refractivity contribution in [2.24, 2.45) is 0 Å². The Kier molecular flexibility index (Phi) is 6.91. The van der Waals surface area contributed by atoms with Crippen molar-refractivity contribution in [3.63, 3.8) is 0 Å². The Hall–Kier alpha value is -5.95. The molecule has 0 unspecified atom stereocenters. The maximum atomic E-state index is 8.18. The summed E-state index contributed by atoms with van der Waals surface area (Å²) in [6.45, 7) is 8.18. The lowest BCUT2D eigenvalue weighted by Gasteiger charge is -2.36. The topological polar surface area (TPSA) is 9.29 Å². The second kappa shape index (κ2) is 11.5. The zero-order chi connectivity index (χ0) is 30.9. The second-order valence-electron chi connectivity index (χ2n) is 11.6. The van der Waals surface area contributed by atoms with Crippen molar-refractivity contribution in [2.75, 3.05) is 0 Å². The fourth-order valence-electron chi connectivity index (χ4n) is 7.24. The van der Waals surface area contributed by atoms with Crippen LogP contribution in [0.1, 0.15) is 0 Å². The van der Waals surface area contributed by atoms with Gasteiger partial charge < -0.3 is 4.57 Å². The fourth-order valence-corrected chi connectivity index (χ4v) is 12.2. The van der Waals surface area contributed by atoms with Crippen LogP contribution in [-0.2, 0) is 0 Å². The Labute approximate surface area is 270 Å². The van der Waals surface area contributed by atoms with Crippen LogP contribution in [0.25, 0.3) is 43.5 Å². The quantitative estimate of drug-likeness (QED) is 0.103. The SMILES string of the molecule is [C-]#[N+]c1ccc(-c2ccccc2[Si](c2ccccc2)(c2ccccc2)c2ccccc2)cc1-n1c2ccccc2c2ccccc21. The van der Waals surface area contributed by atoms with Gasteiger partial charge in [0, 0.05) is 10.8 Å². The van der Waals surface area contributed by atoms with Crippen molar-refractivity contribution in [3.05, 3.63) is 193 Å². The number of benzene rings is 7. The highest BCUT2D eigenvalue weighted by atomic mass is 28.3. The predicted octanol–water partition coefficient (Wildman–Crippen LogP) is 8.38. The molecule has 0 bridgehead atoms. The smallest absolute Gasteiger partial charge is 0.210 e. The molecule has 0 saturated carbocycles. The second-order valence-corrected chi connectivity index (χ2v) is 15.3. The number of fused-ring (bicyclic) bond motifs is 3. The maximum absolute atomic E-state index is 8.18. The molecule has 0 spiro atoms. The third-order valence-electron chi connectivity index (χ3n) is 9.18. The van der Waals surface area contributed by atoms with Crippen LogP contribution in [0.2, 0.25) is 0 Å². The molecule has 0 aliphatic heterocycles. The van der Waals surface area contributed by atoms with Gasteiger partial charge in [-0.1, -0.05) is 164 Å². The van der Waals surface area contributed by atoms with E-state index < -0.39 is 8.07 Å². The van der Waals surface area contributed by atoms with Crippen LogP contribution in [-0.4, -0.2) is 12.6 Å². The lowest BCUT2D eigenvalue weighted by atomic mass is 10.0. The van der Waals surface area contributed by atoms with E-state index in [2.05, 4.69) is 185 Å². The number of hydrogen-bond acceptors (Lipinski definition) is 0. The van der Waals surface area contributed by atoms with Gasteiger partial charge in [-0.3, -0.25) is 0 Å². The van der Waals surface area contributed by atoms with Crippen LogP contribution in [0.5, 0.6) is 0 Å². The first-order chi connectivity index (χ1) is 22.8. The molecule has 8 rings (SSSR count). The van der Waals surface area contributed by atoms with E-state index in [9.17, 15) is 0 Å². The van der Waals surface area contributed by atoms with Crippen LogP contribution >= 0.6 is 0 Å². The summed E-state index contributed by atoms with van der Waals surface area (Å²) in [5.41, 5.74) is 6.00. The summed E-state index contributed by atoms with van der Waals surface area (Å²) in [4.78, 5) is 4.03. The molecule has 7 aromatic carbocycles. The van der Waals surface area contributed by atoms with Gasteiger partial charge in [0.15, 0.2) is 8.07 Å². The first-order valence-electron chi connectivity index (χ1n) is 15.6. The number of nitrogens with zero attached hydrogens (tertiary/aromatic N) is 2. The lowest BCUT2D eigenvalue weighted by molar-refractivity contribution is 1.19. The Balaban J connectivity index is 1.45. The summed E-state index contributed by atoms with van der Waals surface area (Å²) in [6, 6.07) is 65.3. The third-order valence-corrected chi connectivity index (χ3v) is 14.0. The number of aromatic nitrogens is 1. The molecule has 0 saturated heterocycles. The Morgan fingerprint density at radius 1 is 0.457 bits per heavy atom. The molecular formula is C43H30N2Si. The zero-order valence-electron chi connectivity index (χ0n) is 25.2. The molecule has 0 atom stereocenters. The van der Waals surface area contributed by atoms with E-state index in [-0.39, 0.29) is 0 Å². The van der Waals surface area contributed by atoms with Gasteiger partial charge in [0.05, 0.1) is 23.3 Å². The number of hydrogen-bond donors (Lipinski definition) is 0.